The summed E-state index contributed by atoms with van der Waals surface area (Å²) in [6.07, 6.45) is 0.817. The van der Waals surface area contributed by atoms with Gasteiger partial charge in [0.25, 0.3) is 0 Å². The van der Waals surface area contributed by atoms with Crippen molar-refractivity contribution in [3.8, 4) is 0 Å². The quantitative estimate of drug-likeness (QED) is 0.835. The molecule has 0 fully saturated rings. The molecule has 0 amide bonds. The molecule has 1 aromatic heterocycles. The molecule has 3 nitrogen and oxygen atoms in total. The Bertz CT molecular complexity index is 608. The van der Waals surface area contributed by atoms with Gasteiger partial charge in [-0.3, -0.25) is 9.89 Å². The van der Waals surface area contributed by atoms with Crippen LogP contribution in [-0.2, 0) is 0 Å². The standard InChI is InChI=1S/C15H20N2O/c1-6-15(4,5)14(18)13-11-8-9(2)7-10(3)12(11)16-17-13/h7-8H,6H2,1-5H3,(H,16,17). The molecule has 0 unspecified atom stereocenters. The van der Waals surface area contributed by atoms with Crippen LogP contribution in [0.2, 0.25) is 0 Å². The first-order valence-electron chi connectivity index (χ1n) is 6.37. The first kappa shape index (κ1) is 12.8. The van der Waals surface area contributed by atoms with E-state index in [1.54, 1.807) is 0 Å². The molecule has 0 bridgehead atoms. The number of H-pyrrole nitrogens is 1. The van der Waals surface area contributed by atoms with Crippen LogP contribution in [0.4, 0.5) is 0 Å². The minimum absolute atomic E-state index is 0.137. The van der Waals surface area contributed by atoms with Gasteiger partial charge in [-0.2, -0.15) is 5.10 Å². The molecule has 18 heavy (non-hydrogen) atoms. The number of carbonyl (C=O) groups excluding carboxylic acids is 1. The van der Waals surface area contributed by atoms with Crippen molar-refractivity contribution in [3.05, 3.63) is 29.0 Å². The first-order valence-corrected chi connectivity index (χ1v) is 6.37. The van der Waals surface area contributed by atoms with Crippen LogP contribution in [0.15, 0.2) is 12.1 Å². The van der Waals surface area contributed by atoms with Crippen LogP contribution >= 0.6 is 0 Å². The van der Waals surface area contributed by atoms with Gasteiger partial charge < -0.3 is 0 Å². The molecule has 1 N–H and O–H groups in total. The zero-order valence-corrected chi connectivity index (χ0v) is 11.7. The predicted octanol–water partition coefficient (Wildman–Crippen LogP) is 3.80. The van der Waals surface area contributed by atoms with Crippen LogP contribution in [0.1, 0.15) is 48.8 Å². The third-order valence-electron chi connectivity index (χ3n) is 3.72. The number of hydrogen-bond acceptors (Lipinski definition) is 2. The molecule has 0 aliphatic heterocycles. The molecule has 2 rings (SSSR count). The minimum Gasteiger partial charge on any atom is -0.292 e. The topological polar surface area (TPSA) is 45.8 Å². The fourth-order valence-electron chi connectivity index (χ4n) is 2.14. The van der Waals surface area contributed by atoms with E-state index < -0.39 is 0 Å². The summed E-state index contributed by atoms with van der Waals surface area (Å²) in [6.45, 7) is 10.1. The monoisotopic (exact) mass is 244 g/mol. The van der Waals surface area contributed by atoms with Crippen LogP contribution in [0.25, 0.3) is 10.9 Å². The van der Waals surface area contributed by atoms with E-state index in [1.807, 2.05) is 40.7 Å². The maximum atomic E-state index is 12.5. The molecule has 96 valence electrons. The minimum atomic E-state index is -0.350. The summed E-state index contributed by atoms with van der Waals surface area (Å²) in [4.78, 5) is 12.5. The van der Waals surface area contributed by atoms with Gasteiger partial charge in [-0.25, -0.2) is 0 Å². The normalized spacial score (nSPS) is 12.1. The second-order valence-corrected chi connectivity index (χ2v) is 5.64. The van der Waals surface area contributed by atoms with E-state index in [9.17, 15) is 4.79 Å². The highest BCUT2D eigenvalue weighted by Gasteiger charge is 2.29. The Kier molecular flexibility index (Phi) is 3.01. The van der Waals surface area contributed by atoms with Crippen LogP contribution in [0.5, 0.6) is 0 Å². The van der Waals surface area contributed by atoms with Crippen molar-refractivity contribution in [1.29, 1.82) is 0 Å². The van der Waals surface area contributed by atoms with E-state index in [0.717, 1.165) is 28.5 Å². The summed E-state index contributed by atoms with van der Waals surface area (Å²) < 4.78 is 0. The number of rotatable bonds is 3. The molecule has 0 spiro atoms. The number of ketones is 1. The lowest BCUT2D eigenvalue weighted by atomic mass is 9.83. The predicted molar refractivity (Wildman–Crippen MR) is 74.0 cm³/mol. The molecule has 0 radical (unpaired) electrons. The van der Waals surface area contributed by atoms with Gasteiger partial charge in [-0.1, -0.05) is 32.4 Å². The van der Waals surface area contributed by atoms with Gasteiger partial charge >= 0.3 is 0 Å². The van der Waals surface area contributed by atoms with Crippen molar-refractivity contribution in [2.75, 3.05) is 0 Å². The molecule has 0 aliphatic rings. The zero-order chi connectivity index (χ0) is 13.5. The van der Waals surface area contributed by atoms with Crippen molar-refractivity contribution in [2.45, 2.75) is 41.0 Å². The smallest absolute Gasteiger partial charge is 0.186 e. The number of benzene rings is 1. The van der Waals surface area contributed by atoms with Crippen molar-refractivity contribution < 1.29 is 4.79 Å². The first-order chi connectivity index (χ1) is 8.36. The van der Waals surface area contributed by atoms with Crippen LogP contribution < -0.4 is 0 Å². The lowest BCUT2D eigenvalue weighted by molar-refractivity contribution is 0.0829. The van der Waals surface area contributed by atoms with Gasteiger partial charge in [0.15, 0.2) is 5.78 Å². The van der Waals surface area contributed by atoms with E-state index in [0.29, 0.717) is 5.69 Å². The van der Waals surface area contributed by atoms with Crippen molar-refractivity contribution in [2.24, 2.45) is 5.41 Å². The molecule has 1 aromatic carbocycles. The fraction of sp³-hybridized carbons (Fsp3) is 0.467. The van der Waals surface area contributed by atoms with Gasteiger partial charge in [0, 0.05) is 10.8 Å². The number of nitrogens with one attached hydrogen (secondary N) is 1. The van der Waals surface area contributed by atoms with Crippen LogP contribution in [0.3, 0.4) is 0 Å². The van der Waals surface area contributed by atoms with E-state index >= 15 is 0 Å². The Morgan fingerprint density at radius 1 is 1.33 bits per heavy atom. The third-order valence-corrected chi connectivity index (χ3v) is 3.72. The maximum Gasteiger partial charge on any atom is 0.186 e. The second kappa shape index (κ2) is 4.23. The van der Waals surface area contributed by atoms with Crippen LogP contribution in [-0.4, -0.2) is 16.0 Å². The summed E-state index contributed by atoms with van der Waals surface area (Å²) in [5.41, 5.74) is 3.45. The van der Waals surface area contributed by atoms with E-state index in [1.165, 1.54) is 0 Å². The number of carbonyl (C=O) groups is 1. The lowest BCUT2D eigenvalue weighted by Gasteiger charge is -2.19. The van der Waals surface area contributed by atoms with Gasteiger partial charge in [-0.15, -0.1) is 0 Å². The molecule has 1 heterocycles. The molecule has 0 aliphatic carbocycles. The number of hydrogen-bond donors (Lipinski definition) is 1. The molecule has 2 aromatic rings. The Labute approximate surface area is 108 Å². The molecule has 3 heteroatoms. The zero-order valence-electron chi connectivity index (χ0n) is 11.7. The molecule has 0 atom stereocenters. The number of aromatic amines is 1. The summed E-state index contributed by atoms with van der Waals surface area (Å²) in [6, 6.07) is 4.12. The van der Waals surface area contributed by atoms with E-state index in [2.05, 4.69) is 16.3 Å². The summed E-state index contributed by atoms with van der Waals surface area (Å²) >= 11 is 0. The summed E-state index contributed by atoms with van der Waals surface area (Å²) in [7, 11) is 0. The van der Waals surface area contributed by atoms with Gasteiger partial charge in [0.2, 0.25) is 0 Å². The number of aromatic nitrogens is 2. The SMILES string of the molecule is CCC(C)(C)C(=O)c1[nH]nc2c(C)cc(C)cc12. The second-order valence-electron chi connectivity index (χ2n) is 5.64. The number of fused-ring (bicyclic) bond motifs is 1. The number of nitrogens with zero attached hydrogens (tertiary/aromatic N) is 1. The third kappa shape index (κ3) is 1.94. The maximum absolute atomic E-state index is 12.5. The largest absolute Gasteiger partial charge is 0.292 e. The van der Waals surface area contributed by atoms with E-state index in [4.69, 9.17) is 0 Å². The number of aryl methyl sites for hydroxylation is 2. The van der Waals surface area contributed by atoms with Crippen molar-refractivity contribution in [3.63, 3.8) is 0 Å². The Morgan fingerprint density at radius 2 is 2.00 bits per heavy atom. The van der Waals surface area contributed by atoms with Gasteiger partial charge in [0.05, 0.1) is 5.52 Å². The van der Waals surface area contributed by atoms with Gasteiger partial charge in [-0.05, 0) is 31.9 Å². The van der Waals surface area contributed by atoms with Gasteiger partial charge in [0.1, 0.15) is 5.69 Å². The highest BCUT2D eigenvalue weighted by molar-refractivity contribution is 6.08. The molecule has 0 saturated heterocycles. The molecular weight excluding hydrogens is 224 g/mol. The Hall–Kier alpha value is -1.64. The summed E-state index contributed by atoms with van der Waals surface area (Å²) in [5, 5.41) is 8.15. The highest BCUT2D eigenvalue weighted by Crippen LogP contribution is 2.29. The average Bonchev–Trinajstić information content (AvgIpc) is 2.71. The average molecular weight is 244 g/mol. The fourth-order valence-corrected chi connectivity index (χ4v) is 2.14. The lowest BCUT2D eigenvalue weighted by Crippen LogP contribution is -2.23. The highest BCUT2D eigenvalue weighted by atomic mass is 16.1. The van der Waals surface area contributed by atoms with E-state index in [-0.39, 0.29) is 11.2 Å². The number of Topliss-reactive ketones (excluding diaryl/α,β-unsaturated/α-hetero) is 1. The van der Waals surface area contributed by atoms with Crippen LogP contribution in [0, 0.1) is 19.3 Å². The molecular formula is C15H20N2O. The Balaban J connectivity index is 2.63. The van der Waals surface area contributed by atoms with Crippen molar-refractivity contribution in [1.82, 2.24) is 10.2 Å². The Morgan fingerprint density at radius 3 is 2.61 bits per heavy atom. The summed E-state index contributed by atoms with van der Waals surface area (Å²) in [5.74, 6) is 0.137. The molecule has 0 saturated carbocycles. The van der Waals surface area contributed by atoms with Crippen molar-refractivity contribution >= 4 is 16.7 Å².